The Hall–Kier alpha value is -4.66. The van der Waals surface area contributed by atoms with Gasteiger partial charge in [0.2, 0.25) is 0 Å². The Labute approximate surface area is 248 Å². The fraction of sp³-hybridized carbons (Fsp3) is 0.121. The summed E-state index contributed by atoms with van der Waals surface area (Å²) in [6, 6.07) is 24.1. The van der Waals surface area contributed by atoms with Crippen molar-refractivity contribution in [1.29, 1.82) is 0 Å². The van der Waals surface area contributed by atoms with E-state index in [1.54, 1.807) is 42.0 Å². The summed E-state index contributed by atoms with van der Waals surface area (Å²) in [4.78, 5) is 31.0. The second-order valence-corrected chi connectivity index (χ2v) is 11.5. The standard InChI is InChI=1S/C33H23ClN2O5S/c1-40-21-10-6-19(7-11-21)30-25-14-8-18-4-2-3-5-23(18)29(25)35-33-36(30)31(37)28(42-33)17-22-12-15-27(41-22)20-9-13-24(32(38)39)26(34)16-20/h2-7,9-13,15-17,30H,8,14H2,1H3,(H,38,39)/b28-17+. The number of thiazole rings is 1. The van der Waals surface area contributed by atoms with Gasteiger partial charge in [0.25, 0.3) is 5.56 Å². The summed E-state index contributed by atoms with van der Waals surface area (Å²) in [5.41, 5.74) is 5.93. The van der Waals surface area contributed by atoms with Crippen LogP contribution in [-0.4, -0.2) is 22.8 Å². The molecule has 0 saturated carbocycles. The zero-order valence-electron chi connectivity index (χ0n) is 22.3. The predicted molar refractivity (Wildman–Crippen MR) is 162 cm³/mol. The maximum Gasteiger partial charge on any atom is 0.337 e. The van der Waals surface area contributed by atoms with E-state index in [0.717, 1.165) is 41.0 Å². The maximum absolute atomic E-state index is 14.0. The van der Waals surface area contributed by atoms with Crippen LogP contribution in [0.2, 0.25) is 5.02 Å². The Balaban J connectivity index is 1.35. The van der Waals surface area contributed by atoms with Gasteiger partial charge in [-0.3, -0.25) is 9.36 Å². The third-order valence-electron chi connectivity index (χ3n) is 7.69. The van der Waals surface area contributed by atoms with Gasteiger partial charge in [-0.1, -0.05) is 65.4 Å². The van der Waals surface area contributed by atoms with Gasteiger partial charge in [0.1, 0.15) is 17.3 Å². The molecule has 0 fully saturated rings. The fourth-order valence-electron chi connectivity index (χ4n) is 5.67. The number of aryl methyl sites for hydroxylation is 1. The van der Waals surface area contributed by atoms with Crippen LogP contribution < -0.4 is 19.6 Å². The van der Waals surface area contributed by atoms with Crippen LogP contribution in [0.1, 0.15) is 45.3 Å². The number of methoxy groups -OCH3 is 1. The zero-order valence-corrected chi connectivity index (χ0v) is 23.9. The van der Waals surface area contributed by atoms with Gasteiger partial charge in [0.05, 0.1) is 34.0 Å². The molecule has 0 amide bonds. The van der Waals surface area contributed by atoms with Gasteiger partial charge in [0, 0.05) is 17.2 Å². The van der Waals surface area contributed by atoms with Crippen molar-refractivity contribution in [3.8, 4) is 17.1 Å². The number of carbonyl (C=O) groups is 1. The number of nitrogens with zero attached hydrogens (tertiary/aromatic N) is 2. The predicted octanol–water partition coefficient (Wildman–Crippen LogP) is 5.94. The molecule has 1 aliphatic heterocycles. The third kappa shape index (κ3) is 4.40. The summed E-state index contributed by atoms with van der Waals surface area (Å²) < 4.78 is 13.7. The summed E-state index contributed by atoms with van der Waals surface area (Å²) in [6.07, 6.45) is 3.41. The first-order valence-electron chi connectivity index (χ1n) is 13.3. The van der Waals surface area contributed by atoms with E-state index in [0.29, 0.717) is 26.4 Å². The van der Waals surface area contributed by atoms with Crippen LogP contribution in [0.4, 0.5) is 0 Å². The Morgan fingerprint density at radius 3 is 2.67 bits per heavy atom. The number of ether oxygens (including phenoxy) is 1. The lowest BCUT2D eigenvalue weighted by Gasteiger charge is -2.30. The smallest absolute Gasteiger partial charge is 0.337 e. The number of carboxylic acids is 1. The largest absolute Gasteiger partial charge is 0.497 e. The summed E-state index contributed by atoms with van der Waals surface area (Å²) in [6.45, 7) is 0. The van der Waals surface area contributed by atoms with Crippen molar-refractivity contribution < 1.29 is 19.1 Å². The number of aromatic nitrogens is 1. The van der Waals surface area contributed by atoms with Crippen molar-refractivity contribution in [2.45, 2.75) is 18.9 Å². The zero-order chi connectivity index (χ0) is 29.0. The number of halogens is 1. The van der Waals surface area contributed by atoms with Gasteiger partial charge >= 0.3 is 5.97 Å². The van der Waals surface area contributed by atoms with Crippen LogP contribution in [0, 0.1) is 0 Å². The molecular weight excluding hydrogens is 572 g/mol. The minimum atomic E-state index is -1.10. The number of fused-ring (bicyclic) bond motifs is 3. The molecule has 1 unspecified atom stereocenters. The lowest BCUT2D eigenvalue weighted by atomic mass is 9.83. The third-order valence-corrected chi connectivity index (χ3v) is 8.98. The maximum atomic E-state index is 14.0. The summed E-state index contributed by atoms with van der Waals surface area (Å²) in [7, 11) is 1.64. The van der Waals surface area contributed by atoms with Crippen molar-refractivity contribution in [1.82, 2.24) is 4.57 Å². The van der Waals surface area contributed by atoms with Gasteiger partial charge < -0.3 is 14.3 Å². The molecule has 208 valence electrons. The van der Waals surface area contributed by atoms with Crippen LogP contribution in [0.25, 0.3) is 23.1 Å². The summed E-state index contributed by atoms with van der Waals surface area (Å²) in [5, 5.41) is 9.38. The first kappa shape index (κ1) is 26.3. The molecular formula is C33H23ClN2O5S. The molecule has 5 aromatic rings. The molecule has 1 aliphatic carbocycles. The van der Waals surface area contributed by atoms with Crippen LogP contribution in [0.5, 0.6) is 5.75 Å². The lowest BCUT2D eigenvalue weighted by molar-refractivity contribution is 0.0697. The molecule has 1 N–H and O–H groups in total. The number of benzene rings is 3. The molecule has 1 atom stereocenters. The van der Waals surface area contributed by atoms with Crippen molar-refractivity contribution in [2.75, 3.05) is 7.11 Å². The van der Waals surface area contributed by atoms with Gasteiger partial charge in [0.15, 0.2) is 4.80 Å². The van der Waals surface area contributed by atoms with Crippen molar-refractivity contribution >= 4 is 40.7 Å². The number of carboxylic acid groups (broad SMARTS) is 1. The van der Waals surface area contributed by atoms with E-state index in [9.17, 15) is 14.7 Å². The molecule has 42 heavy (non-hydrogen) atoms. The molecule has 2 aromatic heterocycles. The monoisotopic (exact) mass is 594 g/mol. The minimum Gasteiger partial charge on any atom is -0.497 e. The van der Waals surface area contributed by atoms with Gasteiger partial charge in [-0.05, 0) is 65.9 Å². The highest BCUT2D eigenvalue weighted by atomic mass is 35.5. The molecule has 0 bridgehead atoms. The number of hydrogen-bond donors (Lipinski definition) is 1. The molecule has 0 radical (unpaired) electrons. The normalized spacial score (nSPS) is 16.0. The number of aromatic carboxylic acids is 1. The molecule has 7 nitrogen and oxygen atoms in total. The average Bonchev–Trinajstić information content (AvgIpc) is 3.60. The Morgan fingerprint density at radius 2 is 1.90 bits per heavy atom. The van der Waals surface area contributed by atoms with Crippen LogP contribution in [-0.2, 0) is 6.42 Å². The molecule has 3 heterocycles. The molecule has 0 spiro atoms. The fourth-order valence-corrected chi connectivity index (χ4v) is 6.91. The number of hydrogen-bond acceptors (Lipinski definition) is 6. The summed E-state index contributed by atoms with van der Waals surface area (Å²) >= 11 is 7.49. The van der Waals surface area contributed by atoms with E-state index in [2.05, 4.69) is 12.1 Å². The molecule has 9 heteroatoms. The summed E-state index contributed by atoms with van der Waals surface area (Å²) in [5.74, 6) is 0.655. The van der Waals surface area contributed by atoms with Crippen LogP contribution in [0.3, 0.4) is 0 Å². The van der Waals surface area contributed by atoms with Crippen molar-refractivity contribution in [2.24, 2.45) is 4.99 Å². The van der Waals surface area contributed by atoms with Crippen LogP contribution in [0.15, 0.2) is 98.6 Å². The Bertz CT molecular complexity index is 2100. The second kappa shape index (κ2) is 10.3. The van der Waals surface area contributed by atoms with Gasteiger partial charge in [-0.25, -0.2) is 9.79 Å². The van der Waals surface area contributed by atoms with Crippen LogP contribution >= 0.6 is 22.9 Å². The first-order valence-corrected chi connectivity index (χ1v) is 14.5. The quantitative estimate of drug-likeness (QED) is 0.272. The molecule has 7 rings (SSSR count). The Morgan fingerprint density at radius 1 is 1.10 bits per heavy atom. The second-order valence-electron chi connectivity index (χ2n) is 10.1. The van der Waals surface area contributed by atoms with Crippen molar-refractivity contribution in [3.63, 3.8) is 0 Å². The van der Waals surface area contributed by atoms with E-state index in [1.165, 1.54) is 23.0 Å². The lowest BCUT2D eigenvalue weighted by Crippen LogP contribution is -2.38. The minimum absolute atomic E-state index is 0.0186. The number of allylic oxidation sites excluding steroid dienone is 1. The first-order chi connectivity index (χ1) is 20.4. The molecule has 0 saturated heterocycles. The van der Waals surface area contributed by atoms with Crippen molar-refractivity contribution in [3.05, 3.63) is 137 Å². The highest BCUT2D eigenvalue weighted by molar-refractivity contribution is 7.07. The van der Waals surface area contributed by atoms with Gasteiger partial charge in [-0.15, -0.1) is 0 Å². The molecule has 3 aromatic carbocycles. The highest BCUT2D eigenvalue weighted by Crippen LogP contribution is 2.41. The average molecular weight is 595 g/mol. The Kier molecular flexibility index (Phi) is 6.45. The highest BCUT2D eigenvalue weighted by Gasteiger charge is 2.32. The van der Waals surface area contributed by atoms with E-state index < -0.39 is 5.97 Å². The number of furan rings is 1. The van der Waals surface area contributed by atoms with E-state index >= 15 is 0 Å². The van der Waals surface area contributed by atoms with E-state index in [4.69, 9.17) is 25.7 Å². The SMILES string of the molecule is COc1ccc(C2C3=C(N=c4s/c(=C/c5ccc(-c6ccc(C(=O)O)c(Cl)c6)o5)c(=O)n42)c2ccccc2CC3)cc1. The van der Waals surface area contributed by atoms with E-state index in [1.807, 2.05) is 36.4 Å². The van der Waals surface area contributed by atoms with Gasteiger partial charge in [-0.2, -0.15) is 0 Å². The number of rotatable bonds is 5. The molecule has 2 aliphatic rings. The topological polar surface area (TPSA) is 94.0 Å². The van der Waals surface area contributed by atoms with E-state index in [-0.39, 0.29) is 22.2 Å².